The van der Waals surface area contributed by atoms with E-state index in [-0.39, 0.29) is 30.4 Å². The normalized spacial score (nSPS) is 11.0. The summed E-state index contributed by atoms with van der Waals surface area (Å²) < 4.78 is 2.48. The lowest BCUT2D eigenvalue weighted by Crippen LogP contribution is -2.31. The van der Waals surface area contributed by atoms with Gasteiger partial charge in [0.05, 0.1) is 18.5 Å². The van der Waals surface area contributed by atoms with E-state index in [1.54, 1.807) is 24.3 Å². The number of aromatic carboxylic acids is 1. The number of carbonyl (C=O) groups is 2. The van der Waals surface area contributed by atoms with Crippen LogP contribution in [0.15, 0.2) is 83.7 Å². The maximum Gasteiger partial charge on any atom is 0.353 e. The molecular formula is C27H25N3O4. The van der Waals surface area contributed by atoms with Crippen LogP contribution in [0.2, 0.25) is 0 Å². The molecule has 172 valence electrons. The number of nitrogens with zero attached hydrogens (tertiary/aromatic N) is 3. The molecule has 4 rings (SSSR count). The Morgan fingerprint density at radius 1 is 0.882 bits per heavy atom. The van der Waals surface area contributed by atoms with Gasteiger partial charge in [0.15, 0.2) is 0 Å². The van der Waals surface area contributed by atoms with Gasteiger partial charge in [0.2, 0.25) is 0 Å². The van der Waals surface area contributed by atoms with Crippen LogP contribution < -0.4 is 5.69 Å². The van der Waals surface area contributed by atoms with Gasteiger partial charge in [0.25, 0.3) is 5.91 Å². The molecule has 3 aromatic carbocycles. The molecule has 0 fully saturated rings. The summed E-state index contributed by atoms with van der Waals surface area (Å²) in [5.74, 6) is -0.884. The minimum Gasteiger partial charge on any atom is -0.478 e. The summed E-state index contributed by atoms with van der Waals surface area (Å²) in [6, 6.07) is 23.5. The van der Waals surface area contributed by atoms with Crippen LogP contribution in [0, 0.1) is 0 Å². The molecule has 0 radical (unpaired) electrons. The van der Waals surface area contributed by atoms with E-state index in [9.17, 15) is 19.5 Å². The number of aromatic nitrogens is 3. The lowest BCUT2D eigenvalue weighted by atomic mass is 9.99. The molecule has 0 aliphatic rings. The van der Waals surface area contributed by atoms with Gasteiger partial charge >= 0.3 is 11.7 Å². The maximum absolute atomic E-state index is 13.1. The number of carboxylic acid groups (broad SMARTS) is 1. The fraction of sp³-hybridized carbons (Fsp3) is 0.185. The van der Waals surface area contributed by atoms with E-state index in [0.29, 0.717) is 11.4 Å². The van der Waals surface area contributed by atoms with Crippen LogP contribution in [0.5, 0.6) is 0 Å². The van der Waals surface area contributed by atoms with Crippen molar-refractivity contribution in [2.24, 2.45) is 0 Å². The van der Waals surface area contributed by atoms with Crippen LogP contribution in [-0.2, 0) is 13.0 Å². The fourth-order valence-corrected chi connectivity index (χ4v) is 3.89. The van der Waals surface area contributed by atoms with Crippen LogP contribution in [0.1, 0.15) is 51.9 Å². The molecule has 7 heteroatoms. The predicted molar refractivity (Wildman–Crippen MR) is 129 cm³/mol. The molecule has 0 unspecified atom stereocenters. The van der Waals surface area contributed by atoms with Crippen molar-refractivity contribution in [2.45, 2.75) is 32.7 Å². The Labute approximate surface area is 196 Å². The summed E-state index contributed by atoms with van der Waals surface area (Å²) >= 11 is 0. The molecule has 0 atom stereocenters. The zero-order valence-corrected chi connectivity index (χ0v) is 19.0. The Kier molecular flexibility index (Phi) is 6.54. The third kappa shape index (κ3) is 4.73. The minimum atomic E-state index is -0.986. The van der Waals surface area contributed by atoms with E-state index >= 15 is 0 Å². The molecule has 1 heterocycles. The van der Waals surface area contributed by atoms with Crippen molar-refractivity contribution < 1.29 is 14.7 Å². The largest absolute Gasteiger partial charge is 0.478 e. The second kappa shape index (κ2) is 9.70. The highest BCUT2D eigenvalue weighted by Crippen LogP contribution is 2.24. The smallest absolute Gasteiger partial charge is 0.353 e. The summed E-state index contributed by atoms with van der Waals surface area (Å²) in [7, 11) is 0. The number of benzene rings is 3. The monoisotopic (exact) mass is 455 g/mol. The van der Waals surface area contributed by atoms with Crippen LogP contribution in [0.4, 0.5) is 0 Å². The second-order valence-corrected chi connectivity index (χ2v) is 8.40. The lowest BCUT2D eigenvalue weighted by Gasteiger charge is -2.10. The molecule has 0 saturated heterocycles. The van der Waals surface area contributed by atoms with Crippen LogP contribution in [0.3, 0.4) is 0 Å². The average molecular weight is 456 g/mol. The van der Waals surface area contributed by atoms with Gasteiger partial charge in [0, 0.05) is 5.92 Å². The molecule has 34 heavy (non-hydrogen) atoms. The first-order valence-corrected chi connectivity index (χ1v) is 11.0. The molecule has 0 amide bonds. The van der Waals surface area contributed by atoms with E-state index in [1.807, 2.05) is 68.4 Å². The first kappa shape index (κ1) is 22.9. The quantitative estimate of drug-likeness (QED) is 0.444. The highest BCUT2D eigenvalue weighted by Gasteiger charge is 2.21. The van der Waals surface area contributed by atoms with Gasteiger partial charge in [-0.3, -0.25) is 9.36 Å². The highest BCUT2D eigenvalue weighted by molar-refractivity contribution is 5.96. The van der Waals surface area contributed by atoms with Crippen molar-refractivity contribution in [2.75, 3.05) is 0 Å². The Hall–Kier alpha value is -4.26. The lowest BCUT2D eigenvalue weighted by molar-refractivity contribution is 0.0697. The van der Waals surface area contributed by atoms with Gasteiger partial charge in [-0.25, -0.2) is 9.59 Å². The SMILES string of the molecule is CC(C)c1nn(C(=O)Cc2ccccc2)c(=O)n1Cc1ccc(-c2ccccc2C(=O)O)cc1. The molecule has 0 saturated carbocycles. The van der Waals surface area contributed by atoms with Crippen molar-refractivity contribution in [3.8, 4) is 11.1 Å². The van der Waals surface area contributed by atoms with E-state index in [1.165, 1.54) is 4.57 Å². The van der Waals surface area contributed by atoms with Gasteiger partial charge in [-0.15, -0.1) is 9.78 Å². The van der Waals surface area contributed by atoms with Crippen molar-refractivity contribution >= 4 is 11.9 Å². The van der Waals surface area contributed by atoms with E-state index in [2.05, 4.69) is 5.10 Å². The average Bonchev–Trinajstić information content (AvgIpc) is 3.16. The fourth-order valence-electron chi connectivity index (χ4n) is 3.89. The minimum absolute atomic E-state index is 0.0554. The third-order valence-corrected chi connectivity index (χ3v) is 5.61. The van der Waals surface area contributed by atoms with Crippen molar-refractivity contribution in [1.29, 1.82) is 0 Å². The summed E-state index contributed by atoms with van der Waals surface area (Å²) in [5, 5.41) is 13.8. The maximum atomic E-state index is 13.1. The Morgan fingerprint density at radius 3 is 2.18 bits per heavy atom. The summed E-state index contributed by atoms with van der Waals surface area (Å²) in [6.07, 6.45) is 0.0903. The molecule has 0 aliphatic heterocycles. The molecule has 0 aliphatic carbocycles. The van der Waals surface area contributed by atoms with Crippen molar-refractivity contribution in [1.82, 2.24) is 14.3 Å². The topological polar surface area (TPSA) is 94.2 Å². The van der Waals surface area contributed by atoms with E-state index < -0.39 is 11.7 Å². The number of hydrogen-bond donors (Lipinski definition) is 1. The summed E-state index contributed by atoms with van der Waals surface area (Å²) in [6.45, 7) is 4.11. The zero-order valence-electron chi connectivity index (χ0n) is 19.0. The standard InChI is InChI=1S/C27H25N3O4/c1-18(2)25-28-30(24(31)16-19-8-4-3-5-9-19)27(34)29(25)17-20-12-14-21(15-13-20)22-10-6-7-11-23(22)26(32)33/h3-15,18H,16-17H2,1-2H3,(H,32,33). The Morgan fingerprint density at radius 2 is 1.53 bits per heavy atom. The highest BCUT2D eigenvalue weighted by atomic mass is 16.4. The van der Waals surface area contributed by atoms with Gasteiger partial charge in [-0.05, 0) is 28.3 Å². The first-order valence-electron chi connectivity index (χ1n) is 11.0. The Bertz CT molecular complexity index is 1380. The number of hydrogen-bond acceptors (Lipinski definition) is 4. The van der Waals surface area contributed by atoms with Gasteiger partial charge in [-0.2, -0.15) is 0 Å². The molecular weight excluding hydrogens is 430 g/mol. The summed E-state index contributed by atoms with van der Waals surface area (Å²) in [4.78, 5) is 37.5. The molecule has 1 aromatic heterocycles. The third-order valence-electron chi connectivity index (χ3n) is 5.61. The van der Waals surface area contributed by atoms with Crippen LogP contribution in [0.25, 0.3) is 11.1 Å². The van der Waals surface area contributed by atoms with Gasteiger partial charge < -0.3 is 5.11 Å². The number of carboxylic acids is 1. The summed E-state index contributed by atoms with van der Waals surface area (Å²) in [5.41, 5.74) is 2.82. The Balaban J connectivity index is 1.62. The van der Waals surface area contributed by atoms with Crippen molar-refractivity contribution in [3.63, 3.8) is 0 Å². The molecule has 4 aromatic rings. The molecule has 1 N–H and O–H groups in total. The van der Waals surface area contributed by atoms with Gasteiger partial charge in [0.1, 0.15) is 5.82 Å². The van der Waals surface area contributed by atoms with Crippen LogP contribution in [-0.4, -0.2) is 31.3 Å². The van der Waals surface area contributed by atoms with Crippen molar-refractivity contribution in [3.05, 3.63) is 112 Å². The van der Waals surface area contributed by atoms with E-state index in [4.69, 9.17) is 0 Å². The zero-order chi connectivity index (χ0) is 24.2. The van der Waals surface area contributed by atoms with Gasteiger partial charge in [-0.1, -0.05) is 86.6 Å². The van der Waals surface area contributed by atoms with E-state index in [0.717, 1.165) is 21.4 Å². The number of rotatable bonds is 7. The molecule has 7 nitrogen and oxygen atoms in total. The molecule has 0 spiro atoms. The first-order chi connectivity index (χ1) is 16.3. The molecule has 0 bridgehead atoms. The predicted octanol–water partition coefficient (Wildman–Crippen LogP) is 4.46. The van der Waals surface area contributed by atoms with Crippen LogP contribution >= 0.6 is 0 Å². The number of carbonyl (C=O) groups excluding carboxylic acids is 1. The second-order valence-electron chi connectivity index (χ2n) is 8.40.